The lowest BCUT2D eigenvalue weighted by molar-refractivity contribution is -0.117. The summed E-state index contributed by atoms with van der Waals surface area (Å²) in [5, 5.41) is 4.93. The molecule has 4 rings (SSSR count). The molecule has 0 fully saturated rings. The molecule has 1 N–H and O–H groups in total. The van der Waals surface area contributed by atoms with Crippen LogP contribution in [0.15, 0.2) is 64.5 Å². The zero-order valence-electron chi connectivity index (χ0n) is 14.6. The number of nitrogens with zero attached hydrogens (tertiary/aromatic N) is 1. The van der Waals surface area contributed by atoms with Gasteiger partial charge < -0.3 is 10.2 Å². The molecular formula is C21H17BrN2O2S. The Bertz CT molecular complexity index is 1020. The van der Waals surface area contributed by atoms with Crippen LogP contribution < -0.4 is 5.32 Å². The van der Waals surface area contributed by atoms with Crippen molar-refractivity contribution < 1.29 is 9.59 Å². The van der Waals surface area contributed by atoms with Crippen molar-refractivity contribution in [2.45, 2.75) is 13.0 Å². The summed E-state index contributed by atoms with van der Waals surface area (Å²) in [6, 6.07) is 16.9. The van der Waals surface area contributed by atoms with Gasteiger partial charge in [-0.05, 0) is 48.7 Å². The molecule has 4 nitrogen and oxygen atoms in total. The third-order valence-corrected chi connectivity index (χ3v) is 5.96. The molecule has 0 radical (unpaired) electrons. The molecular weight excluding hydrogens is 424 g/mol. The minimum absolute atomic E-state index is 0.00163. The lowest BCUT2D eigenvalue weighted by atomic mass is 10.0. The number of thiophene rings is 1. The second-order valence-corrected chi connectivity index (χ2v) is 8.40. The number of fused-ring (bicyclic) bond motifs is 1. The Morgan fingerprint density at radius 1 is 1.19 bits per heavy atom. The van der Waals surface area contributed by atoms with Gasteiger partial charge >= 0.3 is 0 Å². The van der Waals surface area contributed by atoms with E-state index in [9.17, 15) is 9.59 Å². The number of halogens is 1. The minimum atomic E-state index is -0.329. The molecule has 1 atom stereocenters. The zero-order valence-corrected chi connectivity index (χ0v) is 17.0. The molecule has 2 aromatic carbocycles. The maximum atomic E-state index is 13.4. The van der Waals surface area contributed by atoms with E-state index in [1.165, 1.54) is 0 Å². The van der Waals surface area contributed by atoms with Crippen LogP contribution in [0.4, 0.5) is 5.69 Å². The van der Waals surface area contributed by atoms with E-state index in [1.807, 2.05) is 60.8 Å². The highest BCUT2D eigenvalue weighted by molar-refractivity contribution is 9.10. The number of anilines is 1. The quantitative estimate of drug-likeness (QED) is 0.609. The van der Waals surface area contributed by atoms with Crippen LogP contribution in [0, 0.1) is 6.92 Å². The SMILES string of the molecule is Cc1cccc(C(=O)N2CC(=O)Nc3ccc(Br)cc3C2c2cccs2)c1. The van der Waals surface area contributed by atoms with Crippen LogP contribution in [0.5, 0.6) is 0 Å². The molecule has 0 bridgehead atoms. The molecule has 1 aliphatic rings. The van der Waals surface area contributed by atoms with Gasteiger partial charge in [0.05, 0.1) is 6.04 Å². The first-order chi connectivity index (χ1) is 13.0. The molecule has 3 aromatic rings. The number of nitrogens with one attached hydrogen (secondary N) is 1. The minimum Gasteiger partial charge on any atom is -0.324 e. The highest BCUT2D eigenvalue weighted by atomic mass is 79.9. The highest BCUT2D eigenvalue weighted by Gasteiger charge is 2.34. The Morgan fingerprint density at radius 2 is 2.04 bits per heavy atom. The number of carbonyl (C=O) groups is 2. The third kappa shape index (κ3) is 3.55. The summed E-state index contributed by atoms with van der Waals surface area (Å²) in [6.45, 7) is 1.96. The van der Waals surface area contributed by atoms with Crippen molar-refractivity contribution in [1.29, 1.82) is 0 Å². The van der Waals surface area contributed by atoms with Crippen LogP contribution in [0.2, 0.25) is 0 Å². The van der Waals surface area contributed by atoms with Crippen LogP contribution >= 0.6 is 27.3 Å². The van der Waals surface area contributed by atoms with Gasteiger partial charge in [0.15, 0.2) is 0 Å². The Balaban J connectivity index is 1.88. The van der Waals surface area contributed by atoms with Gasteiger partial charge in [0.2, 0.25) is 5.91 Å². The smallest absolute Gasteiger partial charge is 0.255 e. The number of carbonyl (C=O) groups excluding carboxylic acids is 2. The molecule has 1 aliphatic heterocycles. The largest absolute Gasteiger partial charge is 0.324 e. The van der Waals surface area contributed by atoms with Gasteiger partial charge in [-0.15, -0.1) is 11.3 Å². The fourth-order valence-corrected chi connectivity index (χ4v) is 4.60. The fraction of sp³-hybridized carbons (Fsp3) is 0.143. The summed E-state index contributed by atoms with van der Waals surface area (Å²) in [5.74, 6) is -0.348. The Labute approximate surface area is 170 Å². The number of benzene rings is 2. The predicted molar refractivity (Wildman–Crippen MR) is 111 cm³/mol. The number of rotatable bonds is 2. The van der Waals surface area contributed by atoms with E-state index in [-0.39, 0.29) is 24.4 Å². The van der Waals surface area contributed by atoms with E-state index in [1.54, 1.807) is 22.3 Å². The Hall–Kier alpha value is -2.44. The molecule has 0 aliphatic carbocycles. The molecule has 2 heterocycles. The van der Waals surface area contributed by atoms with Crippen LogP contribution in [0.3, 0.4) is 0 Å². The Kier molecular flexibility index (Phi) is 4.85. The van der Waals surface area contributed by atoms with Crippen molar-refractivity contribution in [3.63, 3.8) is 0 Å². The number of aryl methyl sites for hydroxylation is 1. The maximum Gasteiger partial charge on any atom is 0.255 e. The van der Waals surface area contributed by atoms with E-state index >= 15 is 0 Å². The van der Waals surface area contributed by atoms with Crippen molar-refractivity contribution in [3.05, 3.63) is 86.0 Å². The van der Waals surface area contributed by atoms with Crippen molar-refractivity contribution >= 4 is 44.8 Å². The lowest BCUT2D eigenvalue weighted by Crippen LogP contribution is -2.38. The topological polar surface area (TPSA) is 49.4 Å². The number of amides is 2. The first-order valence-electron chi connectivity index (χ1n) is 8.53. The Morgan fingerprint density at radius 3 is 2.78 bits per heavy atom. The molecule has 1 unspecified atom stereocenters. The summed E-state index contributed by atoms with van der Waals surface area (Å²) in [6.07, 6.45) is 0. The normalized spacial score (nSPS) is 16.4. The van der Waals surface area contributed by atoms with Crippen molar-refractivity contribution in [1.82, 2.24) is 4.90 Å². The second kappa shape index (κ2) is 7.29. The average molecular weight is 441 g/mol. The fourth-order valence-electron chi connectivity index (χ4n) is 3.36. The molecule has 0 spiro atoms. The van der Waals surface area contributed by atoms with Gasteiger partial charge in [0, 0.05) is 26.2 Å². The summed E-state index contributed by atoms with van der Waals surface area (Å²) < 4.78 is 0.905. The van der Waals surface area contributed by atoms with E-state index in [4.69, 9.17) is 0 Å². The van der Waals surface area contributed by atoms with Gasteiger partial charge in [-0.1, -0.05) is 39.7 Å². The lowest BCUT2D eigenvalue weighted by Gasteiger charge is -2.29. The number of hydrogen-bond donors (Lipinski definition) is 1. The summed E-state index contributed by atoms with van der Waals surface area (Å²) in [7, 11) is 0. The standard InChI is InChI=1S/C21H17BrN2O2S/c1-13-4-2-5-14(10-13)21(26)24-12-19(25)23-17-8-7-15(22)11-16(17)20(24)18-6-3-9-27-18/h2-11,20H,12H2,1H3,(H,23,25). The van der Waals surface area contributed by atoms with Gasteiger partial charge in [0.1, 0.15) is 6.54 Å². The van der Waals surface area contributed by atoms with Gasteiger partial charge in [0.25, 0.3) is 5.91 Å². The zero-order chi connectivity index (χ0) is 19.0. The van der Waals surface area contributed by atoms with Crippen LogP contribution in [-0.4, -0.2) is 23.3 Å². The van der Waals surface area contributed by atoms with Crippen molar-refractivity contribution in [2.75, 3.05) is 11.9 Å². The molecule has 2 amide bonds. The van der Waals surface area contributed by atoms with Crippen molar-refractivity contribution in [2.24, 2.45) is 0 Å². The molecule has 136 valence electrons. The van der Waals surface area contributed by atoms with Crippen molar-refractivity contribution in [3.8, 4) is 0 Å². The highest BCUT2D eigenvalue weighted by Crippen LogP contribution is 2.39. The van der Waals surface area contributed by atoms with Gasteiger partial charge in [-0.2, -0.15) is 0 Å². The van der Waals surface area contributed by atoms with E-state index in [0.29, 0.717) is 5.56 Å². The first kappa shape index (κ1) is 17.9. The molecule has 6 heteroatoms. The van der Waals surface area contributed by atoms with Gasteiger partial charge in [-0.25, -0.2) is 0 Å². The summed E-state index contributed by atoms with van der Waals surface area (Å²) in [4.78, 5) is 28.6. The third-order valence-electron chi connectivity index (χ3n) is 4.55. The predicted octanol–water partition coefficient (Wildman–Crippen LogP) is 5.00. The first-order valence-corrected chi connectivity index (χ1v) is 10.2. The number of hydrogen-bond acceptors (Lipinski definition) is 3. The monoisotopic (exact) mass is 440 g/mol. The maximum absolute atomic E-state index is 13.4. The second-order valence-electron chi connectivity index (χ2n) is 6.50. The van der Waals surface area contributed by atoms with Crippen LogP contribution in [0.25, 0.3) is 0 Å². The molecule has 1 aromatic heterocycles. The van der Waals surface area contributed by atoms with E-state index in [0.717, 1.165) is 26.2 Å². The summed E-state index contributed by atoms with van der Waals surface area (Å²) in [5.41, 5.74) is 3.23. The average Bonchev–Trinajstić information content (AvgIpc) is 3.12. The summed E-state index contributed by atoms with van der Waals surface area (Å²) >= 11 is 5.10. The van der Waals surface area contributed by atoms with E-state index in [2.05, 4.69) is 21.2 Å². The van der Waals surface area contributed by atoms with Crippen LogP contribution in [-0.2, 0) is 4.79 Å². The van der Waals surface area contributed by atoms with Gasteiger partial charge in [-0.3, -0.25) is 9.59 Å². The molecule has 27 heavy (non-hydrogen) atoms. The van der Waals surface area contributed by atoms with E-state index < -0.39 is 0 Å². The molecule has 0 saturated heterocycles. The molecule has 0 saturated carbocycles. The van der Waals surface area contributed by atoms with Crippen LogP contribution in [0.1, 0.15) is 32.4 Å².